The summed E-state index contributed by atoms with van der Waals surface area (Å²) in [5.74, 6) is 0.176. The normalized spacial score (nSPS) is 18.2. The third kappa shape index (κ3) is 4.12. The van der Waals surface area contributed by atoms with Crippen molar-refractivity contribution in [3.8, 4) is 0 Å². The molecule has 0 saturated heterocycles. The molecule has 1 N–H and O–H groups in total. The topological polar surface area (TPSA) is 40.5 Å². The second-order valence-corrected chi connectivity index (χ2v) is 5.87. The van der Waals surface area contributed by atoms with Gasteiger partial charge >= 0.3 is 5.97 Å². The van der Waals surface area contributed by atoms with Crippen LogP contribution in [0.4, 0.5) is 0 Å². The van der Waals surface area contributed by atoms with Crippen molar-refractivity contribution in [1.29, 1.82) is 0 Å². The molecular weight excluding hydrogens is 202 g/mol. The smallest absolute Gasteiger partial charge is 0.310 e. The molecule has 0 aromatic rings. The number of aliphatic carboxylic acids is 1. The second kappa shape index (κ2) is 5.67. The summed E-state index contributed by atoms with van der Waals surface area (Å²) in [6.07, 6.45) is 6.74. The van der Waals surface area contributed by atoms with Crippen molar-refractivity contribution >= 4 is 5.97 Å². The summed E-state index contributed by atoms with van der Waals surface area (Å²) in [5, 5.41) is 9.04. The molecule has 0 aliphatic heterocycles. The zero-order chi connectivity index (χ0) is 12.2. The number of hydrogen-bond donors (Lipinski definition) is 1. The minimum atomic E-state index is -0.708. The summed E-state index contributed by atoms with van der Waals surface area (Å²) in [6.45, 7) is 5.25. The van der Waals surface area contributed by atoms with Crippen molar-refractivity contribution in [3.63, 3.8) is 0 Å². The Hall–Kier alpha value is -0.570. The van der Waals surface area contributed by atoms with Crippen LogP contribution < -0.4 is 0 Å². The molecule has 3 nitrogen and oxygen atoms in total. The SMILES string of the molecule is CN(CCC1CCCC1)CC(C)(C)C(=O)O. The van der Waals surface area contributed by atoms with Gasteiger partial charge in [-0.1, -0.05) is 25.7 Å². The minimum Gasteiger partial charge on any atom is -0.481 e. The zero-order valence-corrected chi connectivity index (χ0v) is 10.8. The maximum atomic E-state index is 11.0. The lowest BCUT2D eigenvalue weighted by Crippen LogP contribution is -2.37. The molecule has 0 aromatic heterocycles. The summed E-state index contributed by atoms with van der Waals surface area (Å²) in [7, 11) is 2.03. The fourth-order valence-corrected chi connectivity index (χ4v) is 2.52. The van der Waals surface area contributed by atoms with E-state index in [1.165, 1.54) is 32.1 Å². The Balaban J connectivity index is 2.24. The monoisotopic (exact) mass is 227 g/mol. The maximum absolute atomic E-state index is 11.0. The fourth-order valence-electron chi connectivity index (χ4n) is 2.52. The number of carboxylic acids is 1. The van der Waals surface area contributed by atoms with E-state index in [4.69, 9.17) is 5.11 Å². The van der Waals surface area contributed by atoms with Crippen LogP contribution in [0.15, 0.2) is 0 Å². The molecule has 0 heterocycles. The lowest BCUT2D eigenvalue weighted by atomic mass is 9.93. The Morgan fingerprint density at radius 2 is 1.94 bits per heavy atom. The second-order valence-electron chi connectivity index (χ2n) is 5.87. The van der Waals surface area contributed by atoms with E-state index < -0.39 is 11.4 Å². The Bertz CT molecular complexity index is 232. The van der Waals surface area contributed by atoms with Gasteiger partial charge in [-0.2, -0.15) is 0 Å². The van der Waals surface area contributed by atoms with Crippen LogP contribution in [0.3, 0.4) is 0 Å². The molecular formula is C13H25NO2. The van der Waals surface area contributed by atoms with Crippen LogP contribution in [-0.2, 0) is 4.79 Å². The van der Waals surface area contributed by atoms with Crippen LogP contribution in [0, 0.1) is 11.3 Å². The number of carbonyl (C=O) groups is 1. The highest BCUT2D eigenvalue weighted by molar-refractivity contribution is 5.73. The molecule has 16 heavy (non-hydrogen) atoms. The highest BCUT2D eigenvalue weighted by Gasteiger charge is 2.28. The molecule has 0 aromatic carbocycles. The lowest BCUT2D eigenvalue weighted by molar-refractivity contribution is -0.147. The molecule has 0 atom stereocenters. The van der Waals surface area contributed by atoms with Gasteiger partial charge in [0.1, 0.15) is 0 Å². The van der Waals surface area contributed by atoms with E-state index in [2.05, 4.69) is 4.90 Å². The number of rotatable bonds is 6. The third-order valence-corrected chi connectivity index (χ3v) is 3.64. The minimum absolute atomic E-state index is 0.634. The van der Waals surface area contributed by atoms with Gasteiger partial charge in [-0.3, -0.25) is 4.79 Å². The van der Waals surface area contributed by atoms with E-state index >= 15 is 0 Å². The Kier molecular flexibility index (Phi) is 4.78. The fraction of sp³-hybridized carbons (Fsp3) is 0.923. The first-order valence-electron chi connectivity index (χ1n) is 6.34. The molecule has 0 amide bonds. The molecule has 1 fully saturated rings. The highest BCUT2D eigenvalue weighted by atomic mass is 16.4. The van der Waals surface area contributed by atoms with Crippen LogP contribution >= 0.6 is 0 Å². The first-order chi connectivity index (χ1) is 7.42. The third-order valence-electron chi connectivity index (χ3n) is 3.64. The Morgan fingerprint density at radius 1 is 1.38 bits per heavy atom. The van der Waals surface area contributed by atoms with Gasteiger partial charge in [0, 0.05) is 6.54 Å². The summed E-state index contributed by atoms with van der Waals surface area (Å²) in [4.78, 5) is 13.1. The van der Waals surface area contributed by atoms with Gasteiger partial charge in [0.2, 0.25) is 0 Å². The Morgan fingerprint density at radius 3 is 2.44 bits per heavy atom. The number of hydrogen-bond acceptors (Lipinski definition) is 2. The van der Waals surface area contributed by atoms with Gasteiger partial charge in [0.15, 0.2) is 0 Å². The van der Waals surface area contributed by atoms with Crippen molar-refractivity contribution in [2.24, 2.45) is 11.3 Å². The van der Waals surface area contributed by atoms with Gasteiger partial charge < -0.3 is 10.0 Å². The Labute approximate surface area is 98.8 Å². The molecule has 94 valence electrons. The molecule has 1 saturated carbocycles. The van der Waals surface area contributed by atoms with E-state index in [0.717, 1.165) is 12.5 Å². The number of carboxylic acid groups (broad SMARTS) is 1. The molecule has 0 unspecified atom stereocenters. The standard InChI is InChI=1S/C13H25NO2/c1-13(2,12(15)16)10-14(3)9-8-11-6-4-5-7-11/h11H,4-10H2,1-3H3,(H,15,16). The molecule has 0 radical (unpaired) electrons. The maximum Gasteiger partial charge on any atom is 0.310 e. The first kappa shape index (κ1) is 13.5. The van der Waals surface area contributed by atoms with Gasteiger partial charge in [-0.15, -0.1) is 0 Å². The molecule has 3 heteroatoms. The average molecular weight is 227 g/mol. The van der Waals surface area contributed by atoms with Crippen molar-refractivity contribution in [2.75, 3.05) is 20.1 Å². The molecule has 1 aliphatic rings. The van der Waals surface area contributed by atoms with Gasteiger partial charge in [-0.05, 0) is 39.8 Å². The average Bonchev–Trinajstić information content (AvgIpc) is 2.66. The van der Waals surface area contributed by atoms with Crippen LogP contribution in [0.25, 0.3) is 0 Å². The predicted molar refractivity (Wildman–Crippen MR) is 65.5 cm³/mol. The first-order valence-corrected chi connectivity index (χ1v) is 6.34. The zero-order valence-electron chi connectivity index (χ0n) is 10.8. The van der Waals surface area contributed by atoms with Gasteiger partial charge in [0.05, 0.1) is 5.41 Å². The molecule has 1 aliphatic carbocycles. The van der Waals surface area contributed by atoms with Crippen molar-refractivity contribution < 1.29 is 9.90 Å². The summed E-state index contributed by atoms with van der Waals surface area (Å²) >= 11 is 0. The number of nitrogens with zero attached hydrogens (tertiary/aromatic N) is 1. The largest absolute Gasteiger partial charge is 0.481 e. The van der Waals surface area contributed by atoms with Crippen molar-refractivity contribution in [3.05, 3.63) is 0 Å². The summed E-state index contributed by atoms with van der Waals surface area (Å²) in [6, 6.07) is 0. The quantitative estimate of drug-likeness (QED) is 0.758. The van der Waals surface area contributed by atoms with Gasteiger partial charge in [0.25, 0.3) is 0 Å². The van der Waals surface area contributed by atoms with E-state index in [-0.39, 0.29) is 0 Å². The molecule has 1 rings (SSSR count). The van der Waals surface area contributed by atoms with Crippen LogP contribution in [0.2, 0.25) is 0 Å². The van der Waals surface area contributed by atoms with Gasteiger partial charge in [-0.25, -0.2) is 0 Å². The van der Waals surface area contributed by atoms with Crippen LogP contribution in [0.1, 0.15) is 46.0 Å². The lowest BCUT2D eigenvalue weighted by Gasteiger charge is -2.27. The van der Waals surface area contributed by atoms with E-state index in [9.17, 15) is 4.79 Å². The van der Waals surface area contributed by atoms with Crippen LogP contribution in [-0.4, -0.2) is 36.1 Å². The predicted octanol–water partition coefficient (Wildman–Crippen LogP) is 2.61. The summed E-state index contributed by atoms with van der Waals surface area (Å²) < 4.78 is 0. The summed E-state index contributed by atoms with van der Waals surface area (Å²) in [5.41, 5.74) is -0.634. The molecule has 0 spiro atoms. The van der Waals surface area contributed by atoms with E-state index in [0.29, 0.717) is 6.54 Å². The van der Waals surface area contributed by atoms with E-state index in [1.54, 1.807) is 13.8 Å². The molecule has 0 bridgehead atoms. The van der Waals surface area contributed by atoms with E-state index in [1.807, 2.05) is 7.05 Å². The van der Waals surface area contributed by atoms with Crippen molar-refractivity contribution in [1.82, 2.24) is 4.90 Å². The highest BCUT2D eigenvalue weighted by Crippen LogP contribution is 2.27. The van der Waals surface area contributed by atoms with Crippen molar-refractivity contribution in [2.45, 2.75) is 46.0 Å². The van der Waals surface area contributed by atoms with Crippen LogP contribution in [0.5, 0.6) is 0 Å².